The highest BCUT2D eigenvalue weighted by Gasteiger charge is 2.50. The van der Waals surface area contributed by atoms with Crippen molar-refractivity contribution in [3.8, 4) is 0 Å². The molecule has 4 saturated carbocycles. The Bertz CT molecular complexity index is 843. The van der Waals surface area contributed by atoms with Crippen LogP contribution in [0, 0.1) is 35.5 Å². The predicted molar refractivity (Wildman–Crippen MR) is 126 cm³/mol. The summed E-state index contributed by atoms with van der Waals surface area (Å²) < 4.78 is 1.56. The normalized spacial score (nSPS) is 29.2. The molecule has 0 aromatic carbocycles. The average molecular weight is 434 g/mol. The molecule has 4 bridgehead atoms. The molecule has 2 aromatic heterocycles. The summed E-state index contributed by atoms with van der Waals surface area (Å²) in [5.41, 5.74) is 1.88. The molecule has 1 unspecified atom stereocenters. The Morgan fingerprint density at radius 3 is 2.41 bits per heavy atom. The Balaban J connectivity index is 1.20. The molecule has 4 fully saturated rings. The molecule has 0 aliphatic heterocycles. The van der Waals surface area contributed by atoms with Crippen LogP contribution in [-0.4, -0.2) is 39.1 Å². The van der Waals surface area contributed by atoms with E-state index in [1.54, 1.807) is 23.3 Å². The van der Waals surface area contributed by atoms with Crippen LogP contribution in [0.4, 0.5) is 4.79 Å². The molecule has 1 radical (unpaired) electrons. The zero-order valence-corrected chi connectivity index (χ0v) is 19.4. The second kappa shape index (κ2) is 9.36. The third kappa shape index (κ3) is 4.92. The van der Waals surface area contributed by atoms with E-state index in [0.717, 1.165) is 37.1 Å². The van der Waals surface area contributed by atoms with Crippen LogP contribution in [-0.2, 0) is 0 Å². The topological polar surface area (TPSA) is 51.0 Å². The zero-order valence-electron chi connectivity index (χ0n) is 19.4. The summed E-state index contributed by atoms with van der Waals surface area (Å²) in [6.07, 6.45) is 24.8. The van der Waals surface area contributed by atoms with Gasteiger partial charge in [0.25, 0.3) is 0 Å². The monoisotopic (exact) mass is 433 g/mol. The Morgan fingerprint density at radius 2 is 1.78 bits per heavy atom. The van der Waals surface area contributed by atoms with Gasteiger partial charge in [0, 0.05) is 38.4 Å². The maximum Gasteiger partial charge on any atom is 0.329 e. The Labute approximate surface area is 192 Å². The van der Waals surface area contributed by atoms with Gasteiger partial charge in [0.1, 0.15) is 6.33 Å². The van der Waals surface area contributed by atoms with Crippen LogP contribution in [0.15, 0.2) is 43.2 Å². The van der Waals surface area contributed by atoms with Crippen LogP contribution in [0.2, 0.25) is 0 Å². The molecule has 4 aliphatic rings. The molecule has 1 amide bonds. The van der Waals surface area contributed by atoms with E-state index in [4.69, 9.17) is 0 Å². The second-order valence-corrected chi connectivity index (χ2v) is 11.0. The third-order valence-corrected chi connectivity index (χ3v) is 8.57. The largest absolute Gasteiger partial charge is 0.329 e. The third-order valence-electron chi connectivity index (χ3n) is 8.57. The fourth-order valence-corrected chi connectivity index (χ4v) is 7.33. The lowest BCUT2D eigenvalue weighted by Crippen LogP contribution is -2.46. The standard InChI is InChI=1S/C27H37N4O/c1-30(26(32)31-13-11-29-20-31)12-7-21(2-3-22-5-9-28-10-6-22)4-8-27-17-23-14-24(18-27)16-25(15-23)19-27/h3,5-6,9-11,13,20-21,23-25H,2,4,7-8,12,14-19H2,1H3. The highest BCUT2D eigenvalue weighted by atomic mass is 16.2. The number of hydrogen-bond donors (Lipinski definition) is 0. The molecule has 0 spiro atoms. The van der Waals surface area contributed by atoms with Gasteiger partial charge in [-0.2, -0.15) is 0 Å². The molecule has 171 valence electrons. The van der Waals surface area contributed by atoms with Crippen LogP contribution in [0.5, 0.6) is 0 Å². The molecule has 32 heavy (non-hydrogen) atoms. The predicted octanol–water partition coefficient (Wildman–Crippen LogP) is 5.82. The Kier molecular flexibility index (Phi) is 6.34. The summed E-state index contributed by atoms with van der Waals surface area (Å²) in [6, 6.07) is 4.18. The SMILES string of the molecule is CN(CCC(C[CH]c1ccncc1)CCC12CC3CC(CC(C3)C1)C2)C(=O)n1ccnc1. The number of amides is 1. The van der Waals surface area contributed by atoms with Crippen molar-refractivity contribution in [2.75, 3.05) is 13.6 Å². The second-order valence-electron chi connectivity index (χ2n) is 11.0. The minimum absolute atomic E-state index is 0.000414. The van der Waals surface area contributed by atoms with E-state index in [1.165, 1.54) is 56.9 Å². The maximum atomic E-state index is 12.6. The number of carbonyl (C=O) groups is 1. The first-order valence-electron chi connectivity index (χ1n) is 12.6. The summed E-state index contributed by atoms with van der Waals surface area (Å²) >= 11 is 0. The van der Waals surface area contributed by atoms with Crippen molar-refractivity contribution in [1.29, 1.82) is 0 Å². The van der Waals surface area contributed by atoms with E-state index in [1.807, 2.05) is 24.3 Å². The fraction of sp³-hybridized carbons (Fsp3) is 0.630. The highest BCUT2D eigenvalue weighted by Crippen LogP contribution is 2.61. The molecule has 2 aromatic rings. The summed E-state index contributed by atoms with van der Waals surface area (Å²) in [5.74, 6) is 3.65. The van der Waals surface area contributed by atoms with Gasteiger partial charge < -0.3 is 4.90 Å². The Hall–Kier alpha value is -2.17. The molecular weight excluding hydrogens is 396 g/mol. The van der Waals surface area contributed by atoms with Crippen molar-refractivity contribution in [3.05, 3.63) is 55.2 Å². The summed E-state index contributed by atoms with van der Waals surface area (Å²) in [6.45, 7) is 0.784. The first-order chi connectivity index (χ1) is 15.6. The molecule has 0 N–H and O–H groups in total. The minimum Gasteiger partial charge on any atom is -0.327 e. The van der Waals surface area contributed by atoms with Gasteiger partial charge in [-0.1, -0.05) is 0 Å². The molecule has 1 atom stereocenters. The molecule has 5 nitrogen and oxygen atoms in total. The van der Waals surface area contributed by atoms with Crippen LogP contribution >= 0.6 is 0 Å². The van der Waals surface area contributed by atoms with Gasteiger partial charge in [0.15, 0.2) is 0 Å². The van der Waals surface area contributed by atoms with Gasteiger partial charge in [-0.05, 0) is 117 Å². The smallest absolute Gasteiger partial charge is 0.327 e. The van der Waals surface area contributed by atoms with E-state index >= 15 is 0 Å². The van der Waals surface area contributed by atoms with Gasteiger partial charge in [-0.25, -0.2) is 9.78 Å². The van der Waals surface area contributed by atoms with Crippen molar-refractivity contribution >= 4 is 6.03 Å². The minimum atomic E-state index is 0.000414. The van der Waals surface area contributed by atoms with E-state index in [9.17, 15) is 4.79 Å². The average Bonchev–Trinajstić information content (AvgIpc) is 3.32. The van der Waals surface area contributed by atoms with Crippen molar-refractivity contribution in [3.63, 3.8) is 0 Å². The number of hydrogen-bond acceptors (Lipinski definition) is 3. The molecule has 6 rings (SSSR count). The van der Waals surface area contributed by atoms with Crippen LogP contribution in [0.1, 0.15) is 69.8 Å². The summed E-state index contributed by atoms with van der Waals surface area (Å²) in [7, 11) is 1.91. The maximum absolute atomic E-state index is 12.6. The van der Waals surface area contributed by atoms with Gasteiger partial charge in [-0.3, -0.25) is 9.55 Å². The van der Waals surface area contributed by atoms with Crippen molar-refractivity contribution in [2.24, 2.45) is 29.1 Å². The number of aromatic nitrogens is 3. The molecular formula is C27H37N4O. The number of carbonyl (C=O) groups excluding carboxylic acids is 1. The number of imidazole rings is 1. The van der Waals surface area contributed by atoms with Crippen molar-refractivity contribution in [2.45, 2.75) is 64.2 Å². The quantitative estimate of drug-likeness (QED) is 0.500. The summed E-state index contributed by atoms with van der Waals surface area (Å²) in [5, 5.41) is 0. The van der Waals surface area contributed by atoms with E-state index in [2.05, 4.69) is 28.5 Å². The van der Waals surface area contributed by atoms with E-state index in [0.29, 0.717) is 11.3 Å². The highest BCUT2D eigenvalue weighted by molar-refractivity contribution is 5.76. The molecule has 2 heterocycles. The van der Waals surface area contributed by atoms with Gasteiger partial charge in [0.2, 0.25) is 0 Å². The number of nitrogens with zero attached hydrogens (tertiary/aromatic N) is 4. The lowest BCUT2D eigenvalue weighted by Gasteiger charge is -2.57. The van der Waals surface area contributed by atoms with E-state index < -0.39 is 0 Å². The number of rotatable bonds is 9. The van der Waals surface area contributed by atoms with Gasteiger partial charge in [-0.15, -0.1) is 0 Å². The van der Waals surface area contributed by atoms with E-state index in [-0.39, 0.29) is 6.03 Å². The van der Waals surface area contributed by atoms with Crippen molar-refractivity contribution < 1.29 is 4.79 Å². The lowest BCUT2D eigenvalue weighted by atomic mass is 9.48. The molecule has 4 aliphatic carbocycles. The first kappa shape index (κ1) is 21.7. The van der Waals surface area contributed by atoms with Crippen molar-refractivity contribution in [1.82, 2.24) is 19.4 Å². The summed E-state index contributed by atoms with van der Waals surface area (Å²) in [4.78, 5) is 22.6. The molecule has 0 saturated heterocycles. The van der Waals surface area contributed by atoms with Gasteiger partial charge in [0.05, 0.1) is 0 Å². The number of pyridine rings is 1. The Morgan fingerprint density at radius 1 is 1.09 bits per heavy atom. The lowest BCUT2D eigenvalue weighted by molar-refractivity contribution is -0.0602. The zero-order chi connectivity index (χ0) is 22.0. The van der Waals surface area contributed by atoms with Gasteiger partial charge >= 0.3 is 6.03 Å². The fourth-order valence-electron chi connectivity index (χ4n) is 7.33. The van der Waals surface area contributed by atoms with Crippen LogP contribution in [0.25, 0.3) is 0 Å². The molecule has 5 heteroatoms. The first-order valence-corrected chi connectivity index (χ1v) is 12.6. The van der Waals surface area contributed by atoms with Crippen LogP contribution < -0.4 is 0 Å². The van der Waals surface area contributed by atoms with Crippen LogP contribution in [0.3, 0.4) is 0 Å².